The number of aromatic nitrogens is 3. The first-order valence-electron chi connectivity index (χ1n) is 7.60. The van der Waals surface area contributed by atoms with Crippen LogP contribution in [0, 0.1) is 0 Å². The number of ether oxygens (including phenoxy) is 1. The maximum Gasteiger partial charge on any atom is 0.164 e. The van der Waals surface area contributed by atoms with Gasteiger partial charge in [0.1, 0.15) is 12.4 Å². The Kier molecular flexibility index (Phi) is 4.08. The van der Waals surface area contributed by atoms with E-state index in [0.717, 1.165) is 17.4 Å². The summed E-state index contributed by atoms with van der Waals surface area (Å²) in [7, 11) is 1.93. The Balaban J connectivity index is 1.66. The minimum Gasteiger partial charge on any atom is -0.486 e. The summed E-state index contributed by atoms with van der Waals surface area (Å²) in [4.78, 5) is 4.67. The Labute approximate surface area is 125 Å². The van der Waals surface area contributed by atoms with E-state index in [4.69, 9.17) is 10.5 Å². The second-order valence-electron chi connectivity index (χ2n) is 5.71. The van der Waals surface area contributed by atoms with Gasteiger partial charge in [-0.05, 0) is 25.0 Å². The number of nitrogens with zero attached hydrogens (tertiary/aromatic N) is 3. The van der Waals surface area contributed by atoms with Crippen molar-refractivity contribution in [1.29, 1.82) is 0 Å². The number of nitrogens with two attached hydrogens (primary N) is 1. The molecule has 1 aromatic heterocycles. The second-order valence-corrected chi connectivity index (χ2v) is 5.71. The monoisotopic (exact) mass is 286 g/mol. The number of anilines is 1. The van der Waals surface area contributed by atoms with Crippen LogP contribution >= 0.6 is 0 Å². The van der Waals surface area contributed by atoms with Crippen LogP contribution in [-0.2, 0) is 13.7 Å². The fourth-order valence-corrected chi connectivity index (χ4v) is 2.85. The molecule has 3 rings (SSSR count). The highest BCUT2D eigenvalue weighted by molar-refractivity contribution is 5.43. The molecule has 1 heterocycles. The largest absolute Gasteiger partial charge is 0.486 e. The molecule has 0 saturated heterocycles. The van der Waals surface area contributed by atoms with Crippen molar-refractivity contribution in [3.05, 3.63) is 35.9 Å². The first kappa shape index (κ1) is 13.9. The van der Waals surface area contributed by atoms with Crippen LogP contribution in [0.5, 0.6) is 5.75 Å². The minimum absolute atomic E-state index is 0.416. The van der Waals surface area contributed by atoms with Gasteiger partial charge >= 0.3 is 0 Å². The average molecular weight is 286 g/mol. The summed E-state index contributed by atoms with van der Waals surface area (Å²) in [6.45, 7) is 0.416. The smallest absolute Gasteiger partial charge is 0.164 e. The van der Waals surface area contributed by atoms with Crippen LogP contribution in [0.15, 0.2) is 24.3 Å². The van der Waals surface area contributed by atoms with E-state index in [1.54, 1.807) is 0 Å². The lowest BCUT2D eigenvalue weighted by Gasteiger charge is -2.18. The van der Waals surface area contributed by atoms with E-state index in [1.807, 2.05) is 36.0 Å². The Bertz CT molecular complexity index is 602. The van der Waals surface area contributed by atoms with E-state index in [9.17, 15) is 0 Å². The molecule has 1 aliphatic rings. The van der Waals surface area contributed by atoms with Gasteiger partial charge in [0.05, 0.1) is 0 Å². The molecule has 0 atom stereocenters. The maximum atomic E-state index is 5.75. The minimum atomic E-state index is 0.416. The molecule has 1 aromatic carbocycles. The predicted octanol–water partition coefficient (Wildman–Crippen LogP) is 3.02. The number of aryl methyl sites for hydroxylation is 1. The topological polar surface area (TPSA) is 66.0 Å². The molecule has 0 bridgehead atoms. The van der Waals surface area contributed by atoms with E-state index >= 15 is 0 Å². The SMILES string of the molecule is Cn1nc(C2CCCCC2)nc1COc1cccc(N)c1. The lowest BCUT2D eigenvalue weighted by Crippen LogP contribution is -2.06. The van der Waals surface area contributed by atoms with Gasteiger partial charge in [-0.15, -0.1) is 0 Å². The van der Waals surface area contributed by atoms with Gasteiger partial charge in [0.25, 0.3) is 0 Å². The van der Waals surface area contributed by atoms with Crippen molar-refractivity contribution >= 4 is 5.69 Å². The molecule has 1 fully saturated rings. The van der Waals surface area contributed by atoms with Crippen LogP contribution in [0.3, 0.4) is 0 Å². The summed E-state index contributed by atoms with van der Waals surface area (Å²) in [5.41, 5.74) is 6.45. The van der Waals surface area contributed by atoms with Gasteiger partial charge in [0.15, 0.2) is 11.6 Å². The second kappa shape index (κ2) is 6.16. The first-order chi connectivity index (χ1) is 10.2. The third-order valence-electron chi connectivity index (χ3n) is 4.07. The van der Waals surface area contributed by atoms with Gasteiger partial charge in [0, 0.05) is 24.7 Å². The molecule has 0 spiro atoms. The van der Waals surface area contributed by atoms with Gasteiger partial charge in [-0.25, -0.2) is 9.67 Å². The lowest BCUT2D eigenvalue weighted by molar-refractivity contribution is 0.290. The molecular weight excluding hydrogens is 264 g/mol. The number of rotatable bonds is 4. The Hall–Kier alpha value is -2.04. The molecule has 0 radical (unpaired) electrons. The molecule has 0 aliphatic heterocycles. The van der Waals surface area contributed by atoms with Crippen molar-refractivity contribution in [3.63, 3.8) is 0 Å². The molecule has 5 nitrogen and oxygen atoms in total. The van der Waals surface area contributed by atoms with Gasteiger partial charge < -0.3 is 10.5 Å². The highest BCUT2D eigenvalue weighted by Gasteiger charge is 2.20. The summed E-state index contributed by atoms with van der Waals surface area (Å²) in [5.74, 6) is 3.12. The molecule has 0 amide bonds. The van der Waals surface area contributed by atoms with Crippen molar-refractivity contribution in [2.75, 3.05) is 5.73 Å². The third-order valence-corrected chi connectivity index (χ3v) is 4.07. The van der Waals surface area contributed by atoms with E-state index in [1.165, 1.54) is 32.1 Å². The number of hydrogen-bond donors (Lipinski definition) is 1. The molecular formula is C16H22N4O. The summed E-state index contributed by atoms with van der Waals surface area (Å²) in [6, 6.07) is 7.44. The quantitative estimate of drug-likeness (QED) is 0.877. The first-order valence-corrected chi connectivity index (χ1v) is 7.60. The van der Waals surface area contributed by atoms with Crippen LogP contribution in [0.1, 0.15) is 49.7 Å². The Morgan fingerprint density at radius 1 is 1.29 bits per heavy atom. The fraction of sp³-hybridized carbons (Fsp3) is 0.500. The molecule has 21 heavy (non-hydrogen) atoms. The van der Waals surface area contributed by atoms with Gasteiger partial charge in [-0.1, -0.05) is 25.3 Å². The molecule has 2 aromatic rings. The summed E-state index contributed by atoms with van der Waals surface area (Å²) in [5, 5.41) is 4.57. The van der Waals surface area contributed by atoms with Crippen LogP contribution < -0.4 is 10.5 Å². The van der Waals surface area contributed by atoms with E-state index in [2.05, 4.69) is 10.1 Å². The normalized spacial score (nSPS) is 16.0. The molecule has 0 unspecified atom stereocenters. The van der Waals surface area contributed by atoms with Crippen molar-refractivity contribution in [2.45, 2.75) is 44.6 Å². The standard InChI is InChI=1S/C16H22N4O/c1-20-15(11-21-14-9-5-8-13(17)10-14)18-16(19-20)12-6-3-2-4-7-12/h5,8-10,12H,2-4,6-7,11,17H2,1H3. The van der Waals surface area contributed by atoms with Crippen LogP contribution in [0.4, 0.5) is 5.69 Å². The van der Waals surface area contributed by atoms with Crippen molar-refractivity contribution in [2.24, 2.45) is 7.05 Å². The molecule has 2 N–H and O–H groups in total. The highest BCUT2D eigenvalue weighted by Crippen LogP contribution is 2.30. The van der Waals surface area contributed by atoms with Crippen molar-refractivity contribution in [1.82, 2.24) is 14.8 Å². The van der Waals surface area contributed by atoms with Gasteiger partial charge in [-0.3, -0.25) is 0 Å². The third kappa shape index (κ3) is 3.35. The van der Waals surface area contributed by atoms with Crippen LogP contribution in [-0.4, -0.2) is 14.8 Å². The highest BCUT2D eigenvalue weighted by atomic mass is 16.5. The van der Waals surface area contributed by atoms with E-state index < -0.39 is 0 Å². The molecule has 1 saturated carbocycles. The zero-order chi connectivity index (χ0) is 14.7. The summed E-state index contributed by atoms with van der Waals surface area (Å²) >= 11 is 0. The number of nitrogen functional groups attached to an aromatic ring is 1. The van der Waals surface area contributed by atoms with E-state index in [-0.39, 0.29) is 0 Å². The fourth-order valence-electron chi connectivity index (χ4n) is 2.85. The van der Waals surface area contributed by atoms with E-state index in [0.29, 0.717) is 18.2 Å². The van der Waals surface area contributed by atoms with Crippen LogP contribution in [0.2, 0.25) is 0 Å². The summed E-state index contributed by atoms with van der Waals surface area (Å²) < 4.78 is 7.58. The predicted molar refractivity (Wildman–Crippen MR) is 82.0 cm³/mol. The van der Waals surface area contributed by atoms with Crippen LogP contribution in [0.25, 0.3) is 0 Å². The number of benzene rings is 1. The summed E-state index contributed by atoms with van der Waals surface area (Å²) in [6.07, 6.45) is 6.34. The van der Waals surface area contributed by atoms with Crippen molar-refractivity contribution < 1.29 is 4.74 Å². The zero-order valence-electron chi connectivity index (χ0n) is 12.5. The number of hydrogen-bond acceptors (Lipinski definition) is 4. The van der Waals surface area contributed by atoms with Crippen molar-refractivity contribution in [3.8, 4) is 5.75 Å². The Morgan fingerprint density at radius 3 is 2.86 bits per heavy atom. The van der Waals surface area contributed by atoms with Gasteiger partial charge in [-0.2, -0.15) is 5.10 Å². The van der Waals surface area contributed by atoms with Gasteiger partial charge in [0.2, 0.25) is 0 Å². The average Bonchev–Trinajstić information content (AvgIpc) is 2.87. The molecule has 112 valence electrons. The Morgan fingerprint density at radius 2 is 2.10 bits per heavy atom. The molecule has 1 aliphatic carbocycles. The molecule has 5 heteroatoms. The zero-order valence-corrected chi connectivity index (χ0v) is 12.5. The maximum absolute atomic E-state index is 5.75. The lowest BCUT2D eigenvalue weighted by atomic mass is 9.89.